The van der Waals surface area contributed by atoms with Crippen LogP contribution in [0.3, 0.4) is 0 Å². The third-order valence-electron chi connectivity index (χ3n) is 0.824. The Morgan fingerprint density at radius 1 is 1.88 bits per heavy atom. The Morgan fingerprint density at radius 2 is 2.62 bits per heavy atom. The van der Waals surface area contributed by atoms with Crippen LogP contribution in [0.25, 0.3) is 0 Å². The zero-order valence-electron chi connectivity index (χ0n) is 4.06. The highest BCUT2D eigenvalue weighted by molar-refractivity contribution is 9.10. The van der Waals surface area contributed by atoms with Gasteiger partial charge in [-0.25, -0.2) is 0 Å². The summed E-state index contributed by atoms with van der Waals surface area (Å²) in [4.78, 5) is 0. The lowest BCUT2D eigenvalue weighted by atomic mass is 10.5. The Balaban J connectivity index is 2.92. The fraction of sp³-hybridized carbons (Fsp3) is 0.250. The summed E-state index contributed by atoms with van der Waals surface area (Å²) in [6.45, 7) is 0. The average molecular weight is 193 g/mol. The van der Waals surface area contributed by atoms with E-state index < -0.39 is 0 Å². The summed E-state index contributed by atoms with van der Waals surface area (Å²) in [5.41, 5.74) is 1.02. The smallest absolute Gasteiger partial charge is 0.0632 e. The molecule has 0 spiro atoms. The van der Waals surface area contributed by atoms with Crippen LogP contribution in [0.5, 0.6) is 0 Å². The normalized spacial score (nSPS) is 9.75. The molecule has 1 aromatic rings. The number of H-pyrrole nitrogens is 1. The number of thiol groups is 1. The van der Waals surface area contributed by atoms with Crippen LogP contribution < -0.4 is 0 Å². The number of nitrogens with one attached hydrogen (secondary N) is 1. The van der Waals surface area contributed by atoms with Gasteiger partial charge in [-0.15, -0.1) is 0 Å². The van der Waals surface area contributed by atoms with E-state index in [2.05, 4.69) is 38.8 Å². The summed E-state index contributed by atoms with van der Waals surface area (Å²) < 4.78 is 0.993. The zero-order valence-corrected chi connectivity index (χ0v) is 6.54. The molecule has 0 saturated carbocycles. The van der Waals surface area contributed by atoms with E-state index in [1.807, 2.05) is 0 Å². The first-order valence-corrected chi connectivity index (χ1v) is 3.55. The standard InChI is InChI=1S/C4H5BrN2S/c5-3-1-6-7-4(3)2-8/h1,8H,2H2,(H,6,7). The van der Waals surface area contributed by atoms with E-state index >= 15 is 0 Å². The maximum atomic E-state index is 4.04. The van der Waals surface area contributed by atoms with Crippen molar-refractivity contribution in [2.75, 3.05) is 0 Å². The molecule has 0 radical (unpaired) electrons. The first kappa shape index (κ1) is 6.16. The lowest BCUT2D eigenvalue weighted by molar-refractivity contribution is 1.04. The van der Waals surface area contributed by atoms with Crippen LogP contribution in [0.4, 0.5) is 0 Å². The second-order valence-corrected chi connectivity index (χ2v) is 2.53. The first-order valence-electron chi connectivity index (χ1n) is 2.13. The highest BCUT2D eigenvalue weighted by Gasteiger charge is 1.95. The molecule has 0 unspecified atom stereocenters. The van der Waals surface area contributed by atoms with Crippen molar-refractivity contribution in [3.8, 4) is 0 Å². The van der Waals surface area contributed by atoms with Gasteiger partial charge in [0.25, 0.3) is 0 Å². The number of rotatable bonds is 1. The van der Waals surface area contributed by atoms with Crippen LogP contribution in [0.2, 0.25) is 0 Å². The van der Waals surface area contributed by atoms with Gasteiger partial charge in [-0.3, -0.25) is 5.10 Å². The molecule has 1 rings (SSSR count). The lowest BCUT2D eigenvalue weighted by Gasteiger charge is -1.84. The molecular formula is C4H5BrN2S. The minimum Gasteiger partial charge on any atom is -0.281 e. The molecular weight excluding hydrogens is 188 g/mol. The number of nitrogens with zero attached hydrogens (tertiary/aromatic N) is 1. The molecule has 0 aliphatic rings. The van der Waals surface area contributed by atoms with E-state index in [0.717, 1.165) is 10.2 Å². The second kappa shape index (κ2) is 2.55. The SMILES string of the molecule is SCc1[nH]ncc1Br. The number of hydrogen-bond acceptors (Lipinski definition) is 2. The van der Waals surface area contributed by atoms with Gasteiger partial charge in [-0.1, -0.05) is 0 Å². The van der Waals surface area contributed by atoms with E-state index in [1.165, 1.54) is 0 Å². The quantitative estimate of drug-likeness (QED) is 0.651. The van der Waals surface area contributed by atoms with Crippen LogP contribution in [0.1, 0.15) is 5.69 Å². The monoisotopic (exact) mass is 192 g/mol. The van der Waals surface area contributed by atoms with Crippen molar-refractivity contribution >= 4 is 28.6 Å². The largest absolute Gasteiger partial charge is 0.281 e. The minimum atomic E-state index is 0.695. The molecule has 1 N–H and O–H groups in total. The summed E-state index contributed by atoms with van der Waals surface area (Å²) in [5, 5.41) is 6.55. The van der Waals surface area contributed by atoms with E-state index in [-0.39, 0.29) is 0 Å². The molecule has 4 heteroatoms. The predicted molar refractivity (Wildman–Crippen MR) is 39.0 cm³/mol. The summed E-state index contributed by atoms with van der Waals surface area (Å²) >= 11 is 7.33. The van der Waals surface area contributed by atoms with Gasteiger partial charge in [0.1, 0.15) is 0 Å². The van der Waals surface area contributed by atoms with Gasteiger partial charge in [0.2, 0.25) is 0 Å². The molecule has 1 aromatic heterocycles. The van der Waals surface area contributed by atoms with Crippen LogP contribution >= 0.6 is 28.6 Å². The van der Waals surface area contributed by atoms with Crippen molar-refractivity contribution in [1.82, 2.24) is 10.2 Å². The molecule has 8 heavy (non-hydrogen) atoms. The topological polar surface area (TPSA) is 28.7 Å². The number of hydrogen-bond donors (Lipinski definition) is 2. The van der Waals surface area contributed by atoms with Crippen molar-refractivity contribution < 1.29 is 0 Å². The Labute approximate surface area is 61.2 Å². The van der Waals surface area contributed by atoms with E-state index in [4.69, 9.17) is 0 Å². The number of halogens is 1. The fourth-order valence-electron chi connectivity index (χ4n) is 0.409. The van der Waals surface area contributed by atoms with Crippen molar-refractivity contribution in [2.24, 2.45) is 0 Å². The molecule has 2 nitrogen and oxygen atoms in total. The summed E-state index contributed by atoms with van der Waals surface area (Å²) in [6, 6.07) is 0. The molecule has 0 saturated heterocycles. The Morgan fingerprint density at radius 3 is 2.88 bits per heavy atom. The van der Waals surface area contributed by atoms with E-state index in [9.17, 15) is 0 Å². The molecule has 44 valence electrons. The lowest BCUT2D eigenvalue weighted by Crippen LogP contribution is -1.75. The molecule has 1 heterocycles. The van der Waals surface area contributed by atoms with Crippen LogP contribution in [0.15, 0.2) is 10.7 Å². The summed E-state index contributed by atoms with van der Waals surface area (Å²) in [5.74, 6) is 0.695. The maximum absolute atomic E-state index is 4.04. The molecule has 0 aliphatic heterocycles. The number of aromatic nitrogens is 2. The average Bonchev–Trinajstić information content (AvgIpc) is 2.14. The Kier molecular flexibility index (Phi) is 1.96. The van der Waals surface area contributed by atoms with Crippen LogP contribution in [-0.2, 0) is 5.75 Å². The van der Waals surface area contributed by atoms with Gasteiger partial charge in [0.15, 0.2) is 0 Å². The molecule has 0 fully saturated rings. The summed E-state index contributed by atoms with van der Waals surface area (Å²) in [7, 11) is 0. The highest BCUT2D eigenvalue weighted by Crippen LogP contribution is 2.13. The maximum Gasteiger partial charge on any atom is 0.0632 e. The third kappa shape index (κ3) is 1.06. The first-order chi connectivity index (χ1) is 3.84. The van der Waals surface area contributed by atoms with Crippen molar-refractivity contribution in [1.29, 1.82) is 0 Å². The third-order valence-corrected chi connectivity index (χ3v) is 1.82. The Bertz CT molecular complexity index is 174. The highest BCUT2D eigenvalue weighted by atomic mass is 79.9. The van der Waals surface area contributed by atoms with Crippen molar-refractivity contribution in [3.05, 3.63) is 16.4 Å². The molecule has 0 bridgehead atoms. The van der Waals surface area contributed by atoms with E-state index in [0.29, 0.717) is 5.75 Å². The molecule has 0 amide bonds. The van der Waals surface area contributed by atoms with Gasteiger partial charge in [-0.2, -0.15) is 17.7 Å². The Hall–Kier alpha value is 0.0400. The second-order valence-electron chi connectivity index (χ2n) is 1.35. The van der Waals surface area contributed by atoms with Crippen molar-refractivity contribution in [2.45, 2.75) is 5.75 Å². The van der Waals surface area contributed by atoms with Crippen LogP contribution in [-0.4, -0.2) is 10.2 Å². The predicted octanol–water partition coefficient (Wildman–Crippen LogP) is 1.60. The van der Waals surface area contributed by atoms with Gasteiger partial charge in [0.05, 0.1) is 16.4 Å². The van der Waals surface area contributed by atoms with E-state index in [1.54, 1.807) is 6.20 Å². The van der Waals surface area contributed by atoms with Gasteiger partial charge < -0.3 is 0 Å². The fourth-order valence-corrected chi connectivity index (χ4v) is 1.20. The molecule has 0 aliphatic carbocycles. The van der Waals surface area contributed by atoms with Gasteiger partial charge in [0, 0.05) is 5.75 Å². The molecule has 0 aromatic carbocycles. The van der Waals surface area contributed by atoms with Gasteiger partial charge in [-0.05, 0) is 15.9 Å². The zero-order chi connectivity index (χ0) is 5.98. The minimum absolute atomic E-state index is 0.695. The van der Waals surface area contributed by atoms with Gasteiger partial charge >= 0.3 is 0 Å². The molecule has 0 atom stereocenters. The van der Waals surface area contributed by atoms with Crippen molar-refractivity contribution in [3.63, 3.8) is 0 Å². The van der Waals surface area contributed by atoms with Crippen LogP contribution in [0, 0.1) is 0 Å². The number of aromatic amines is 1. The summed E-state index contributed by atoms with van der Waals surface area (Å²) in [6.07, 6.45) is 1.71.